The van der Waals surface area contributed by atoms with E-state index in [9.17, 15) is 4.79 Å². The van der Waals surface area contributed by atoms with Gasteiger partial charge in [0.1, 0.15) is 0 Å². The van der Waals surface area contributed by atoms with Crippen molar-refractivity contribution in [3.63, 3.8) is 0 Å². The molecule has 28 heavy (non-hydrogen) atoms. The Morgan fingerprint density at radius 1 is 0.893 bits per heavy atom. The van der Waals surface area contributed by atoms with E-state index in [0.29, 0.717) is 12.1 Å². The van der Waals surface area contributed by atoms with Gasteiger partial charge >= 0.3 is 0 Å². The predicted molar refractivity (Wildman–Crippen MR) is 117 cm³/mol. The molecule has 1 N–H and O–H groups in total. The van der Waals surface area contributed by atoms with Crippen molar-refractivity contribution in [1.82, 2.24) is 15.1 Å². The highest BCUT2D eigenvalue weighted by molar-refractivity contribution is 5.93. The van der Waals surface area contributed by atoms with Gasteiger partial charge in [0, 0.05) is 39.8 Å². The molecule has 0 fully saturated rings. The van der Waals surface area contributed by atoms with Crippen LogP contribution in [0.5, 0.6) is 0 Å². The second-order valence-electron chi connectivity index (χ2n) is 7.09. The molecule has 0 bridgehead atoms. The van der Waals surface area contributed by atoms with E-state index in [1.54, 1.807) is 19.0 Å². The molecule has 2 rings (SSSR count). The highest BCUT2D eigenvalue weighted by atomic mass is 16.2. The Balaban J connectivity index is 2.04. The number of aryl methyl sites for hydroxylation is 1. The highest BCUT2D eigenvalue weighted by Gasteiger charge is 2.09. The van der Waals surface area contributed by atoms with E-state index in [1.807, 2.05) is 31.3 Å². The lowest BCUT2D eigenvalue weighted by molar-refractivity contribution is 0.0827. The van der Waals surface area contributed by atoms with Crippen LogP contribution in [-0.4, -0.2) is 49.4 Å². The summed E-state index contributed by atoms with van der Waals surface area (Å²) in [6.07, 6.45) is 1.05. The van der Waals surface area contributed by atoms with Crippen molar-refractivity contribution in [1.29, 1.82) is 0 Å². The number of hydrogen-bond donors (Lipinski definition) is 1. The minimum absolute atomic E-state index is 0.0113. The number of amides is 1. The van der Waals surface area contributed by atoms with Crippen molar-refractivity contribution < 1.29 is 4.79 Å². The minimum Gasteiger partial charge on any atom is -0.357 e. The number of rotatable bonds is 7. The van der Waals surface area contributed by atoms with Crippen molar-refractivity contribution in [3.05, 3.63) is 70.8 Å². The smallest absolute Gasteiger partial charge is 0.253 e. The van der Waals surface area contributed by atoms with Gasteiger partial charge < -0.3 is 15.1 Å². The fraction of sp³-hybridized carbons (Fsp3) is 0.391. The topological polar surface area (TPSA) is 47.9 Å². The number of aliphatic imine (C=N–C) groups is 1. The van der Waals surface area contributed by atoms with Crippen LogP contribution in [0.3, 0.4) is 0 Å². The van der Waals surface area contributed by atoms with Gasteiger partial charge in [0.15, 0.2) is 5.96 Å². The lowest BCUT2D eigenvalue weighted by Gasteiger charge is -2.22. The summed E-state index contributed by atoms with van der Waals surface area (Å²) in [5, 5.41) is 3.36. The molecule has 0 heterocycles. The fourth-order valence-electron chi connectivity index (χ4n) is 2.88. The number of hydrogen-bond acceptors (Lipinski definition) is 2. The molecule has 0 atom stereocenters. The number of carbonyl (C=O) groups is 1. The van der Waals surface area contributed by atoms with Gasteiger partial charge in [-0.1, -0.05) is 43.3 Å². The summed E-state index contributed by atoms with van der Waals surface area (Å²) in [6, 6.07) is 16.4. The van der Waals surface area contributed by atoms with Gasteiger partial charge in [-0.2, -0.15) is 0 Å². The SMILES string of the molecule is CCNC(=NCc1ccc(C(=O)N(C)C)cc1)N(C)Cc1ccc(CC)cc1. The van der Waals surface area contributed by atoms with Crippen molar-refractivity contribution in [2.75, 3.05) is 27.7 Å². The molecule has 2 aromatic rings. The van der Waals surface area contributed by atoms with Crippen LogP contribution in [0.15, 0.2) is 53.5 Å². The molecule has 5 heteroatoms. The zero-order valence-electron chi connectivity index (χ0n) is 17.7. The van der Waals surface area contributed by atoms with E-state index < -0.39 is 0 Å². The average molecular weight is 381 g/mol. The predicted octanol–water partition coefficient (Wildman–Crippen LogP) is 3.55. The van der Waals surface area contributed by atoms with Gasteiger partial charge in [-0.05, 0) is 42.2 Å². The first-order chi connectivity index (χ1) is 13.4. The molecule has 0 spiro atoms. The van der Waals surface area contributed by atoms with Crippen molar-refractivity contribution >= 4 is 11.9 Å². The normalized spacial score (nSPS) is 11.2. The molecule has 5 nitrogen and oxygen atoms in total. The number of carbonyl (C=O) groups excluding carboxylic acids is 1. The van der Waals surface area contributed by atoms with Crippen LogP contribution in [0.25, 0.3) is 0 Å². The van der Waals surface area contributed by atoms with Crippen LogP contribution >= 0.6 is 0 Å². The number of nitrogens with one attached hydrogen (secondary N) is 1. The Bertz CT molecular complexity index is 779. The van der Waals surface area contributed by atoms with E-state index in [4.69, 9.17) is 4.99 Å². The summed E-state index contributed by atoms with van der Waals surface area (Å²) in [6.45, 7) is 6.42. The summed E-state index contributed by atoms with van der Waals surface area (Å²) in [5.74, 6) is 0.882. The second-order valence-corrected chi connectivity index (χ2v) is 7.09. The summed E-state index contributed by atoms with van der Waals surface area (Å²) < 4.78 is 0. The largest absolute Gasteiger partial charge is 0.357 e. The van der Waals surface area contributed by atoms with Crippen molar-refractivity contribution in [3.8, 4) is 0 Å². The van der Waals surface area contributed by atoms with E-state index in [0.717, 1.165) is 31.0 Å². The Hall–Kier alpha value is -2.82. The fourth-order valence-corrected chi connectivity index (χ4v) is 2.88. The zero-order chi connectivity index (χ0) is 20.5. The third-order valence-electron chi connectivity index (χ3n) is 4.57. The standard InChI is InChI=1S/C23H32N4O/c1-6-18-8-10-20(11-9-18)17-27(5)23(24-7-2)25-16-19-12-14-21(15-13-19)22(28)26(3)4/h8-15H,6-7,16-17H2,1-5H3,(H,24,25). The lowest BCUT2D eigenvalue weighted by Crippen LogP contribution is -2.38. The maximum atomic E-state index is 12.0. The maximum absolute atomic E-state index is 12.0. The second kappa shape index (κ2) is 10.5. The van der Waals surface area contributed by atoms with Crippen LogP contribution in [-0.2, 0) is 19.5 Å². The van der Waals surface area contributed by atoms with Gasteiger partial charge in [-0.15, -0.1) is 0 Å². The van der Waals surface area contributed by atoms with Crippen LogP contribution in [0.4, 0.5) is 0 Å². The van der Waals surface area contributed by atoms with Crippen LogP contribution in [0, 0.1) is 0 Å². The molecule has 0 radical (unpaired) electrons. The van der Waals surface area contributed by atoms with Gasteiger partial charge in [-0.25, -0.2) is 4.99 Å². The quantitative estimate of drug-likeness (QED) is 0.590. The summed E-state index contributed by atoms with van der Waals surface area (Å²) in [4.78, 5) is 20.5. The molecule has 1 amide bonds. The molecule has 2 aromatic carbocycles. The van der Waals surface area contributed by atoms with E-state index in [-0.39, 0.29) is 5.91 Å². The molecule has 0 saturated heterocycles. The van der Waals surface area contributed by atoms with E-state index >= 15 is 0 Å². The van der Waals surface area contributed by atoms with Gasteiger partial charge in [0.05, 0.1) is 6.54 Å². The van der Waals surface area contributed by atoms with E-state index in [2.05, 4.69) is 48.3 Å². The van der Waals surface area contributed by atoms with Crippen molar-refractivity contribution in [2.45, 2.75) is 33.4 Å². The summed E-state index contributed by atoms with van der Waals surface area (Å²) >= 11 is 0. The Kier molecular flexibility index (Phi) is 8.05. The maximum Gasteiger partial charge on any atom is 0.253 e. The van der Waals surface area contributed by atoms with Gasteiger partial charge in [-0.3, -0.25) is 4.79 Å². The molecule has 150 valence electrons. The Morgan fingerprint density at radius 3 is 2.00 bits per heavy atom. The number of benzene rings is 2. The number of guanidine groups is 1. The summed E-state index contributed by atoms with van der Waals surface area (Å²) in [5.41, 5.74) is 4.38. The summed E-state index contributed by atoms with van der Waals surface area (Å²) in [7, 11) is 5.57. The Labute approximate surface area is 169 Å². The lowest BCUT2D eigenvalue weighted by atomic mass is 10.1. The number of nitrogens with zero attached hydrogens (tertiary/aromatic N) is 3. The molecule has 0 aliphatic carbocycles. The highest BCUT2D eigenvalue weighted by Crippen LogP contribution is 2.10. The monoisotopic (exact) mass is 380 g/mol. The molecule has 0 unspecified atom stereocenters. The van der Waals surface area contributed by atoms with Gasteiger partial charge in [0.2, 0.25) is 0 Å². The molecule has 0 aromatic heterocycles. The first kappa shape index (κ1) is 21.5. The molecule has 0 aliphatic rings. The molecular weight excluding hydrogens is 348 g/mol. The van der Waals surface area contributed by atoms with Gasteiger partial charge in [0.25, 0.3) is 5.91 Å². The zero-order valence-corrected chi connectivity index (χ0v) is 17.7. The van der Waals surface area contributed by atoms with Crippen LogP contribution < -0.4 is 5.32 Å². The first-order valence-electron chi connectivity index (χ1n) is 9.82. The van der Waals surface area contributed by atoms with E-state index in [1.165, 1.54) is 11.1 Å². The third kappa shape index (κ3) is 6.12. The molecule has 0 aliphatic heterocycles. The first-order valence-corrected chi connectivity index (χ1v) is 9.82. The molecule has 0 saturated carbocycles. The molecular formula is C23H32N4O. The Morgan fingerprint density at radius 2 is 1.46 bits per heavy atom. The minimum atomic E-state index is 0.0113. The average Bonchev–Trinajstić information content (AvgIpc) is 2.71. The third-order valence-corrected chi connectivity index (χ3v) is 4.57. The van der Waals surface area contributed by atoms with Crippen LogP contribution in [0.1, 0.15) is 40.9 Å². The van der Waals surface area contributed by atoms with Crippen molar-refractivity contribution in [2.24, 2.45) is 4.99 Å². The van der Waals surface area contributed by atoms with Crippen LogP contribution in [0.2, 0.25) is 0 Å².